The number of amides is 1. The Kier molecular flexibility index (Phi) is 6.25. The highest BCUT2D eigenvalue weighted by molar-refractivity contribution is 6.11. The van der Waals surface area contributed by atoms with E-state index in [1.165, 1.54) is 12.1 Å². The molecule has 0 saturated carbocycles. The molecule has 1 saturated heterocycles. The van der Waals surface area contributed by atoms with E-state index in [0.717, 1.165) is 24.4 Å². The van der Waals surface area contributed by atoms with Gasteiger partial charge in [-0.2, -0.15) is 0 Å². The van der Waals surface area contributed by atoms with Crippen LogP contribution in [0.1, 0.15) is 29.8 Å². The van der Waals surface area contributed by atoms with Crippen LogP contribution in [-0.4, -0.2) is 50.3 Å². The first-order valence-electron chi connectivity index (χ1n) is 10.5. The minimum atomic E-state index is -0.346. The molecule has 2 heterocycles. The predicted molar refractivity (Wildman–Crippen MR) is 117 cm³/mol. The summed E-state index contributed by atoms with van der Waals surface area (Å²) in [4.78, 5) is 15.1. The van der Waals surface area contributed by atoms with Gasteiger partial charge in [-0.1, -0.05) is 0 Å². The zero-order valence-corrected chi connectivity index (χ0v) is 18.0. The van der Waals surface area contributed by atoms with E-state index < -0.39 is 0 Å². The molecule has 0 aliphatic carbocycles. The van der Waals surface area contributed by atoms with Crippen molar-refractivity contribution in [2.45, 2.75) is 26.5 Å². The summed E-state index contributed by atoms with van der Waals surface area (Å²) in [5.74, 6) is 0.523. The Labute approximate surface area is 180 Å². The van der Waals surface area contributed by atoms with E-state index in [2.05, 4.69) is 10.2 Å². The van der Waals surface area contributed by atoms with Gasteiger partial charge in [0.15, 0.2) is 0 Å². The summed E-state index contributed by atoms with van der Waals surface area (Å²) >= 11 is 0. The largest absolute Gasteiger partial charge is 0.491 e. The van der Waals surface area contributed by atoms with Crippen molar-refractivity contribution in [2.75, 3.05) is 33.4 Å². The molecule has 7 heteroatoms. The molecule has 1 aromatic heterocycles. The lowest BCUT2D eigenvalue weighted by atomic mass is 10.0. The zero-order chi connectivity index (χ0) is 22.0. The van der Waals surface area contributed by atoms with Crippen molar-refractivity contribution in [1.82, 2.24) is 10.2 Å². The monoisotopic (exact) mass is 426 g/mol. The normalized spacial score (nSPS) is 14.9. The van der Waals surface area contributed by atoms with Crippen LogP contribution in [0, 0.1) is 5.82 Å². The first-order valence-corrected chi connectivity index (χ1v) is 10.5. The van der Waals surface area contributed by atoms with Gasteiger partial charge < -0.3 is 19.2 Å². The minimum absolute atomic E-state index is 0.0205. The first-order chi connectivity index (χ1) is 15.0. The maximum atomic E-state index is 13.4. The third-order valence-corrected chi connectivity index (χ3v) is 5.29. The number of hydrogen-bond donors (Lipinski definition) is 1. The van der Waals surface area contributed by atoms with Gasteiger partial charge in [-0.15, -0.1) is 0 Å². The molecule has 0 radical (unpaired) electrons. The van der Waals surface area contributed by atoms with E-state index in [0.29, 0.717) is 47.6 Å². The molecule has 0 atom stereocenters. The van der Waals surface area contributed by atoms with Crippen LogP contribution >= 0.6 is 0 Å². The summed E-state index contributed by atoms with van der Waals surface area (Å²) in [5.41, 5.74) is 2.64. The van der Waals surface area contributed by atoms with Crippen molar-refractivity contribution >= 4 is 16.9 Å². The lowest BCUT2D eigenvalue weighted by Crippen LogP contribution is -2.35. The number of hydrogen-bond acceptors (Lipinski definition) is 5. The number of rotatable bonds is 6. The summed E-state index contributed by atoms with van der Waals surface area (Å²) in [6.07, 6.45) is -0.0205. The summed E-state index contributed by atoms with van der Waals surface area (Å²) in [7, 11) is 1.58. The predicted octanol–water partition coefficient (Wildman–Crippen LogP) is 4.22. The summed E-state index contributed by atoms with van der Waals surface area (Å²) in [6, 6.07) is 9.76. The average Bonchev–Trinajstić information content (AvgIpc) is 3.12. The van der Waals surface area contributed by atoms with Gasteiger partial charge in [0.1, 0.15) is 22.9 Å². The summed E-state index contributed by atoms with van der Waals surface area (Å²) in [5, 5.41) is 3.35. The number of halogens is 1. The number of benzene rings is 2. The standard InChI is InChI=1S/C24H27FN2O4/c1-15(2)30-20-13-19-21(12-17(20)14-27-8-10-29-11-9-27)31-23(22(19)24(28)26-3)16-4-6-18(25)7-5-16/h4-7,12-13,15H,8-11,14H2,1-3H3,(H,26,28). The van der Waals surface area contributed by atoms with Crippen molar-refractivity contribution in [3.05, 3.63) is 53.3 Å². The molecule has 0 unspecified atom stereocenters. The molecule has 1 aliphatic rings. The van der Waals surface area contributed by atoms with E-state index in [4.69, 9.17) is 13.9 Å². The van der Waals surface area contributed by atoms with Crippen LogP contribution in [0.15, 0.2) is 40.8 Å². The van der Waals surface area contributed by atoms with Gasteiger partial charge in [0.2, 0.25) is 0 Å². The van der Waals surface area contributed by atoms with Crippen molar-refractivity contribution in [1.29, 1.82) is 0 Å². The number of carbonyl (C=O) groups is 1. The van der Waals surface area contributed by atoms with E-state index in [1.54, 1.807) is 19.2 Å². The fraction of sp³-hybridized carbons (Fsp3) is 0.375. The fourth-order valence-corrected chi connectivity index (χ4v) is 3.81. The molecule has 6 nitrogen and oxygen atoms in total. The highest BCUT2D eigenvalue weighted by atomic mass is 19.1. The van der Waals surface area contributed by atoms with Crippen LogP contribution in [-0.2, 0) is 11.3 Å². The average molecular weight is 426 g/mol. The van der Waals surface area contributed by atoms with Crippen molar-refractivity contribution in [3.8, 4) is 17.1 Å². The lowest BCUT2D eigenvalue weighted by Gasteiger charge is -2.27. The molecule has 4 rings (SSSR count). The Morgan fingerprint density at radius 2 is 1.90 bits per heavy atom. The Morgan fingerprint density at radius 1 is 1.19 bits per heavy atom. The summed E-state index contributed by atoms with van der Waals surface area (Å²) in [6.45, 7) is 7.76. The van der Waals surface area contributed by atoms with Gasteiger partial charge in [0, 0.05) is 43.2 Å². The highest BCUT2D eigenvalue weighted by Gasteiger charge is 2.24. The van der Waals surface area contributed by atoms with Crippen molar-refractivity contribution < 1.29 is 23.1 Å². The second-order valence-electron chi connectivity index (χ2n) is 7.90. The molecule has 1 fully saturated rings. The van der Waals surface area contributed by atoms with Gasteiger partial charge in [-0.3, -0.25) is 9.69 Å². The van der Waals surface area contributed by atoms with Gasteiger partial charge >= 0.3 is 0 Å². The molecule has 0 spiro atoms. The summed E-state index contributed by atoms with van der Waals surface area (Å²) < 4.78 is 31.2. The van der Waals surface area contributed by atoms with E-state index in [-0.39, 0.29) is 17.8 Å². The smallest absolute Gasteiger partial charge is 0.255 e. The SMILES string of the molecule is CNC(=O)c1c(-c2ccc(F)cc2)oc2cc(CN3CCOCC3)c(OC(C)C)cc12. The van der Waals surface area contributed by atoms with Crippen LogP contribution in [0.2, 0.25) is 0 Å². The molecule has 1 aliphatic heterocycles. The minimum Gasteiger partial charge on any atom is -0.491 e. The Bertz CT molecular complexity index is 1070. The molecule has 1 amide bonds. The maximum absolute atomic E-state index is 13.4. The number of nitrogens with one attached hydrogen (secondary N) is 1. The van der Waals surface area contributed by atoms with Gasteiger partial charge in [0.25, 0.3) is 5.91 Å². The molecular weight excluding hydrogens is 399 g/mol. The van der Waals surface area contributed by atoms with E-state index in [9.17, 15) is 9.18 Å². The zero-order valence-electron chi connectivity index (χ0n) is 18.0. The van der Waals surface area contributed by atoms with E-state index >= 15 is 0 Å². The first kappa shape index (κ1) is 21.3. The Morgan fingerprint density at radius 3 is 2.55 bits per heavy atom. The molecule has 1 N–H and O–H groups in total. The molecule has 2 aromatic carbocycles. The third-order valence-electron chi connectivity index (χ3n) is 5.29. The van der Waals surface area contributed by atoms with Crippen LogP contribution in [0.3, 0.4) is 0 Å². The molecule has 31 heavy (non-hydrogen) atoms. The molecule has 0 bridgehead atoms. The number of nitrogens with zero attached hydrogens (tertiary/aromatic N) is 1. The van der Waals surface area contributed by atoms with Gasteiger partial charge in [0.05, 0.1) is 24.9 Å². The highest BCUT2D eigenvalue weighted by Crippen LogP contribution is 2.38. The Hall–Kier alpha value is -2.90. The number of fused-ring (bicyclic) bond motifs is 1. The van der Waals surface area contributed by atoms with Crippen LogP contribution in [0.25, 0.3) is 22.3 Å². The number of furan rings is 1. The van der Waals surface area contributed by atoms with Crippen LogP contribution in [0.5, 0.6) is 5.75 Å². The molecule has 3 aromatic rings. The number of carbonyl (C=O) groups excluding carboxylic acids is 1. The van der Waals surface area contributed by atoms with Crippen LogP contribution < -0.4 is 10.1 Å². The number of ether oxygens (including phenoxy) is 2. The van der Waals surface area contributed by atoms with Crippen molar-refractivity contribution in [3.63, 3.8) is 0 Å². The van der Waals surface area contributed by atoms with Gasteiger partial charge in [-0.05, 0) is 50.2 Å². The molecule has 164 valence electrons. The van der Waals surface area contributed by atoms with Crippen molar-refractivity contribution in [2.24, 2.45) is 0 Å². The second-order valence-corrected chi connectivity index (χ2v) is 7.90. The lowest BCUT2D eigenvalue weighted by molar-refractivity contribution is 0.0337. The van der Waals surface area contributed by atoms with Gasteiger partial charge in [-0.25, -0.2) is 4.39 Å². The quantitative estimate of drug-likeness (QED) is 0.640. The third kappa shape index (κ3) is 4.57. The topological polar surface area (TPSA) is 63.9 Å². The Balaban J connectivity index is 1.85. The second kappa shape index (κ2) is 9.08. The number of morpholine rings is 1. The van der Waals surface area contributed by atoms with E-state index in [1.807, 2.05) is 26.0 Å². The maximum Gasteiger partial charge on any atom is 0.255 e. The van der Waals surface area contributed by atoms with Crippen LogP contribution in [0.4, 0.5) is 4.39 Å². The fourth-order valence-electron chi connectivity index (χ4n) is 3.81. The molecular formula is C24H27FN2O4.